The SMILES string of the molecule is O=C(O)CO[C@@H]1COCC[C@H]1NC(=O)CCCc1cn[nH]c1. The van der Waals surface area contributed by atoms with Crippen molar-refractivity contribution in [3.63, 3.8) is 0 Å². The molecular formula is C14H21N3O5. The van der Waals surface area contributed by atoms with Gasteiger partial charge in [-0.15, -0.1) is 0 Å². The maximum absolute atomic E-state index is 12.0. The van der Waals surface area contributed by atoms with Crippen molar-refractivity contribution in [2.24, 2.45) is 0 Å². The number of carboxylic acids is 1. The molecular weight excluding hydrogens is 290 g/mol. The second-order valence-corrected chi connectivity index (χ2v) is 5.24. The minimum atomic E-state index is -1.03. The van der Waals surface area contributed by atoms with E-state index >= 15 is 0 Å². The maximum Gasteiger partial charge on any atom is 0.329 e. The molecule has 1 amide bonds. The summed E-state index contributed by atoms with van der Waals surface area (Å²) in [4.78, 5) is 22.5. The molecule has 8 nitrogen and oxygen atoms in total. The number of aromatic amines is 1. The molecule has 0 aromatic carbocycles. The number of H-pyrrole nitrogens is 1. The topological polar surface area (TPSA) is 114 Å². The average molecular weight is 311 g/mol. The first-order valence-electron chi connectivity index (χ1n) is 7.33. The number of nitrogens with one attached hydrogen (secondary N) is 2. The second-order valence-electron chi connectivity index (χ2n) is 5.24. The Kier molecular flexibility index (Phi) is 6.35. The minimum absolute atomic E-state index is 0.0562. The number of carbonyl (C=O) groups excluding carboxylic acids is 1. The second kappa shape index (κ2) is 8.50. The summed E-state index contributed by atoms with van der Waals surface area (Å²) in [5, 5.41) is 18.2. The Hall–Kier alpha value is -1.93. The fourth-order valence-corrected chi connectivity index (χ4v) is 2.37. The number of carboxylic acid groups (broad SMARTS) is 1. The van der Waals surface area contributed by atoms with Crippen molar-refractivity contribution < 1.29 is 24.2 Å². The summed E-state index contributed by atoms with van der Waals surface area (Å²) in [6, 6.07) is -0.200. The molecule has 1 aliphatic heterocycles. The van der Waals surface area contributed by atoms with Gasteiger partial charge in [0.25, 0.3) is 0 Å². The first-order valence-corrected chi connectivity index (χ1v) is 7.33. The standard InChI is InChI=1S/C14H21N3O5/c18-13(3-1-2-10-6-15-16-7-10)17-11-4-5-21-8-12(11)22-9-14(19)20/h6-7,11-12H,1-5,8-9H2,(H,15,16)(H,17,18)(H,19,20)/t11-,12-/m1/s1. The third-order valence-electron chi connectivity index (χ3n) is 3.50. The van der Waals surface area contributed by atoms with Gasteiger partial charge in [-0.2, -0.15) is 5.10 Å². The van der Waals surface area contributed by atoms with Crippen LogP contribution in [0.25, 0.3) is 0 Å². The van der Waals surface area contributed by atoms with Crippen LogP contribution in [-0.4, -0.2) is 59.1 Å². The number of amides is 1. The molecule has 0 spiro atoms. The van der Waals surface area contributed by atoms with E-state index in [1.54, 1.807) is 6.20 Å². The van der Waals surface area contributed by atoms with Gasteiger partial charge in [0.1, 0.15) is 12.7 Å². The average Bonchev–Trinajstić information content (AvgIpc) is 2.99. The third-order valence-corrected chi connectivity index (χ3v) is 3.50. The first kappa shape index (κ1) is 16.4. The van der Waals surface area contributed by atoms with Crippen LogP contribution in [0.2, 0.25) is 0 Å². The lowest BCUT2D eigenvalue weighted by molar-refractivity contribution is -0.149. The predicted octanol–water partition coefficient (Wildman–Crippen LogP) is 0.107. The molecule has 1 aliphatic rings. The van der Waals surface area contributed by atoms with Crippen molar-refractivity contribution >= 4 is 11.9 Å². The van der Waals surface area contributed by atoms with E-state index in [1.165, 1.54) is 0 Å². The van der Waals surface area contributed by atoms with Crippen LogP contribution in [0, 0.1) is 0 Å². The molecule has 2 heterocycles. The van der Waals surface area contributed by atoms with Crippen molar-refractivity contribution in [3.05, 3.63) is 18.0 Å². The number of aromatic nitrogens is 2. The summed E-state index contributed by atoms with van der Waals surface area (Å²) in [5.74, 6) is -1.09. The lowest BCUT2D eigenvalue weighted by atomic mass is 10.1. The largest absolute Gasteiger partial charge is 0.480 e. The van der Waals surface area contributed by atoms with Crippen LogP contribution in [-0.2, 0) is 25.5 Å². The summed E-state index contributed by atoms with van der Waals surface area (Å²) < 4.78 is 10.5. The van der Waals surface area contributed by atoms with Gasteiger partial charge >= 0.3 is 5.97 Å². The number of rotatable bonds is 8. The number of ether oxygens (including phenoxy) is 2. The van der Waals surface area contributed by atoms with Crippen molar-refractivity contribution in [1.82, 2.24) is 15.5 Å². The van der Waals surface area contributed by atoms with Gasteiger partial charge in [0.2, 0.25) is 5.91 Å². The minimum Gasteiger partial charge on any atom is -0.480 e. The van der Waals surface area contributed by atoms with Gasteiger partial charge in [0, 0.05) is 19.2 Å². The van der Waals surface area contributed by atoms with Crippen LogP contribution < -0.4 is 5.32 Å². The van der Waals surface area contributed by atoms with E-state index in [1.807, 2.05) is 6.20 Å². The Balaban J connectivity index is 1.71. The highest BCUT2D eigenvalue weighted by atomic mass is 16.5. The summed E-state index contributed by atoms with van der Waals surface area (Å²) in [5.41, 5.74) is 1.07. The molecule has 2 rings (SSSR count). The molecule has 0 radical (unpaired) electrons. The molecule has 0 aliphatic carbocycles. The molecule has 3 N–H and O–H groups in total. The van der Waals surface area contributed by atoms with E-state index in [0.29, 0.717) is 26.1 Å². The Morgan fingerprint density at radius 1 is 1.55 bits per heavy atom. The molecule has 1 aromatic heterocycles. The Labute approximate surface area is 128 Å². The molecule has 1 saturated heterocycles. The van der Waals surface area contributed by atoms with Crippen LogP contribution >= 0.6 is 0 Å². The van der Waals surface area contributed by atoms with Gasteiger partial charge in [-0.25, -0.2) is 4.79 Å². The van der Waals surface area contributed by atoms with Crippen molar-refractivity contribution in [2.45, 2.75) is 37.8 Å². The highest BCUT2D eigenvalue weighted by Gasteiger charge is 2.28. The van der Waals surface area contributed by atoms with Crippen LogP contribution in [0.3, 0.4) is 0 Å². The fourth-order valence-electron chi connectivity index (χ4n) is 2.37. The van der Waals surface area contributed by atoms with E-state index in [4.69, 9.17) is 14.6 Å². The lowest BCUT2D eigenvalue weighted by Gasteiger charge is -2.31. The summed E-state index contributed by atoms with van der Waals surface area (Å²) >= 11 is 0. The lowest BCUT2D eigenvalue weighted by Crippen LogP contribution is -2.50. The highest BCUT2D eigenvalue weighted by molar-refractivity contribution is 5.76. The highest BCUT2D eigenvalue weighted by Crippen LogP contribution is 2.12. The zero-order valence-electron chi connectivity index (χ0n) is 12.3. The predicted molar refractivity (Wildman–Crippen MR) is 76.3 cm³/mol. The van der Waals surface area contributed by atoms with E-state index < -0.39 is 12.1 Å². The Bertz CT molecular complexity index is 477. The molecule has 2 atom stereocenters. The van der Waals surface area contributed by atoms with E-state index in [9.17, 15) is 9.59 Å². The maximum atomic E-state index is 12.0. The van der Waals surface area contributed by atoms with Gasteiger partial charge in [0.15, 0.2) is 0 Å². The quantitative estimate of drug-likeness (QED) is 0.628. The Morgan fingerprint density at radius 2 is 2.41 bits per heavy atom. The normalized spacial score (nSPS) is 21.5. The molecule has 0 bridgehead atoms. The number of aryl methyl sites for hydroxylation is 1. The molecule has 1 aromatic rings. The Morgan fingerprint density at radius 3 is 3.14 bits per heavy atom. The number of hydrogen-bond donors (Lipinski definition) is 3. The third kappa shape index (κ3) is 5.45. The molecule has 22 heavy (non-hydrogen) atoms. The van der Waals surface area contributed by atoms with Crippen molar-refractivity contribution in [2.75, 3.05) is 19.8 Å². The summed E-state index contributed by atoms with van der Waals surface area (Å²) in [6.07, 6.45) is 5.69. The summed E-state index contributed by atoms with van der Waals surface area (Å²) in [7, 11) is 0. The van der Waals surface area contributed by atoms with Crippen LogP contribution in [0.5, 0.6) is 0 Å². The monoisotopic (exact) mass is 311 g/mol. The van der Waals surface area contributed by atoms with Crippen molar-refractivity contribution in [3.8, 4) is 0 Å². The number of nitrogens with zero attached hydrogens (tertiary/aromatic N) is 1. The number of carbonyl (C=O) groups is 2. The van der Waals surface area contributed by atoms with Gasteiger partial charge in [-0.3, -0.25) is 9.89 Å². The van der Waals surface area contributed by atoms with Gasteiger partial charge in [-0.1, -0.05) is 0 Å². The molecule has 0 saturated carbocycles. The molecule has 122 valence electrons. The molecule has 0 unspecified atom stereocenters. The first-order chi connectivity index (χ1) is 10.6. The van der Waals surface area contributed by atoms with Gasteiger partial charge in [0.05, 0.1) is 18.8 Å². The van der Waals surface area contributed by atoms with E-state index in [2.05, 4.69) is 15.5 Å². The van der Waals surface area contributed by atoms with Crippen molar-refractivity contribution in [1.29, 1.82) is 0 Å². The number of hydrogen-bond acceptors (Lipinski definition) is 5. The molecule has 8 heteroatoms. The van der Waals surface area contributed by atoms with Gasteiger partial charge in [-0.05, 0) is 24.8 Å². The van der Waals surface area contributed by atoms with Crippen LogP contribution in [0.1, 0.15) is 24.8 Å². The zero-order chi connectivity index (χ0) is 15.8. The van der Waals surface area contributed by atoms with E-state index in [-0.39, 0.29) is 18.6 Å². The summed E-state index contributed by atoms with van der Waals surface area (Å²) in [6.45, 7) is 0.445. The van der Waals surface area contributed by atoms with E-state index in [0.717, 1.165) is 18.4 Å². The smallest absolute Gasteiger partial charge is 0.329 e. The van der Waals surface area contributed by atoms with Gasteiger partial charge < -0.3 is 19.9 Å². The number of aliphatic carboxylic acids is 1. The van der Waals surface area contributed by atoms with Crippen LogP contribution in [0.4, 0.5) is 0 Å². The molecule has 1 fully saturated rings. The fraction of sp³-hybridized carbons (Fsp3) is 0.643. The van der Waals surface area contributed by atoms with Crippen LogP contribution in [0.15, 0.2) is 12.4 Å². The zero-order valence-corrected chi connectivity index (χ0v) is 12.3.